The van der Waals surface area contributed by atoms with Crippen LogP contribution in [0.25, 0.3) is 0 Å². The molecule has 148 valence electrons. The third-order valence-corrected chi connectivity index (χ3v) is 5.50. The van der Waals surface area contributed by atoms with Crippen LogP contribution in [0.5, 0.6) is 0 Å². The van der Waals surface area contributed by atoms with Crippen molar-refractivity contribution >= 4 is 11.6 Å². The van der Waals surface area contributed by atoms with Crippen molar-refractivity contribution in [2.24, 2.45) is 0 Å². The molecule has 0 unspecified atom stereocenters. The van der Waals surface area contributed by atoms with E-state index in [0.29, 0.717) is 25.5 Å². The third-order valence-electron chi connectivity index (χ3n) is 5.50. The van der Waals surface area contributed by atoms with Crippen LogP contribution >= 0.6 is 0 Å². The highest BCUT2D eigenvalue weighted by atomic mass is 16.7. The number of hydrogen-bond donors (Lipinski definition) is 1. The van der Waals surface area contributed by atoms with E-state index in [9.17, 15) is 4.79 Å². The van der Waals surface area contributed by atoms with E-state index >= 15 is 0 Å². The number of nitrogens with one attached hydrogen (secondary N) is 1. The van der Waals surface area contributed by atoms with Gasteiger partial charge in [0.25, 0.3) is 5.91 Å². The maximum atomic E-state index is 12.5. The van der Waals surface area contributed by atoms with E-state index in [-0.39, 0.29) is 11.7 Å². The fourth-order valence-corrected chi connectivity index (χ4v) is 3.87. The van der Waals surface area contributed by atoms with Gasteiger partial charge in [-0.15, -0.1) is 0 Å². The molecule has 27 heavy (non-hydrogen) atoms. The number of ether oxygens (including phenoxy) is 3. The number of carbonyl (C=O) groups excluding carboxylic acids is 1. The molecule has 8 heteroatoms. The highest BCUT2D eigenvalue weighted by Gasteiger charge is 2.39. The molecular weight excluding hydrogens is 348 g/mol. The fraction of sp³-hybridized carbons (Fsp3) is 0.684. The van der Waals surface area contributed by atoms with Crippen molar-refractivity contribution in [3.8, 4) is 0 Å². The first kappa shape index (κ1) is 18.6. The lowest BCUT2D eigenvalue weighted by Crippen LogP contribution is -2.45. The molecule has 0 aromatic carbocycles. The second kappa shape index (κ2) is 8.52. The molecule has 1 aromatic heterocycles. The van der Waals surface area contributed by atoms with E-state index in [4.69, 9.17) is 14.2 Å². The SMILES string of the molecule is O=C(NCCN1CCOCC1)c1cc(N2CCC3(CC2)OCCO3)ccn1. The summed E-state index contributed by atoms with van der Waals surface area (Å²) in [7, 11) is 0. The summed E-state index contributed by atoms with van der Waals surface area (Å²) in [5.74, 6) is -0.510. The van der Waals surface area contributed by atoms with Crippen molar-refractivity contribution in [2.75, 3.05) is 70.6 Å². The summed E-state index contributed by atoms with van der Waals surface area (Å²) in [5.41, 5.74) is 1.49. The molecule has 4 heterocycles. The molecular formula is C19H28N4O4. The molecule has 4 rings (SSSR count). The molecule has 0 bridgehead atoms. The van der Waals surface area contributed by atoms with Gasteiger partial charge in [-0.05, 0) is 12.1 Å². The fourth-order valence-electron chi connectivity index (χ4n) is 3.87. The summed E-state index contributed by atoms with van der Waals surface area (Å²) in [6.45, 7) is 7.91. The summed E-state index contributed by atoms with van der Waals surface area (Å²) in [6, 6.07) is 3.83. The molecule has 3 aliphatic rings. The topological polar surface area (TPSA) is 76.2 Å². The van der Waals surface area contributed by atoms with Gasteiger partial charge in [0.1, 0.15) is 5.69 Å². The zero-order chi connectivity index (χ0) is 18.5. The lowest BCUT2D eigenvalue weighted by molar-refractivity contribution is -0.169. The van der Waals surface area contributed by atoms with Gasteiger partial charge < -0.3 is 24.4 Å². The van der Waals surface area contributed by atoms with Crippen LogP contribution in [0.4, 0.5) is 5.69 Å². The van der Waals surface area contributed by atoms with Gasteiger partial charge in [0, 0.05) is 64.0 Å². The Morgan fingerprint density at radius 3 is 2.59 bits per heavy atom. The van der Waals surface area contributed by atoms with E-state index in [1.165, 1.54) is 0 Å². The zero-order valence-corrected chi connectivity index (χ0v) is 15.7. The molecule has 1 N–H and O–H groups in total. The van der Waals surface area contributed by atoms with Crippen LogP contribution in [-0.2, 0) is 14.2 Å². The average molecular weight is 376 g/mol. The zero-order valence-electron chi connectivity index (χ0n) is 15.7. The van der Waals surface area contributed by atoms with Crippen LogP contribution in [-0.4, -0.2) is 87.3 Å². The van der Waals surface area contributed by atoms with Crippen molar-refractivity contribution in [3.05, 3.63) is 24.0 Å². The highest BCUT2D eigenvalue weighted by Crippen LogP contribution is 2.33. The molecule has 0 atom stereocenters. The molecule has 3 saturated heterocycles. The smallest absolute Gasteiger partial charge is 0.269 e. The lowest BCUT2D eigenvalue weighted by Gasteiger charge is -2.38. The monoisotopic (exact) mass is 376 g/mol. The summed E-state index contributed by atoms with van der Waals surface area (Å²) in [4.78, 5) is 21.3. The Balaban J connectivity index is 1.28. The third kappa shape index (κ3) is 4.57. The molecule has 0 saturated carbocycles. The summed E-state index contributed by atoms with van der Waals surface area (Å²) in [5, 5.41) is 2.97. The molecule has 0 aliphatic carbocycles. The second-order valence-electron chi connectivity index (χ2n) is 7.20. The number of morpholine rings is 1. The largest absolute Gasteiger partial charge is 0.379 e. The Bertz CT molecular complexity index is 634. The predicted octanol–water partition coefficient (Wildman–Crippen LogP) is 0.487. The van der Waals surface area contributed by atoms with Crippen LogP contribution in [0.3, 0.4) is 0 Å². The molecule has 1 amide bonds. The van der Waals surface area contributed by atoms with Crippen molar-refractivity contribution in [1.29, 1.82) is 0 Å². The van der Waals surface area contributed by atoms with Crippen LogP contribution in [0.1, 0.15) is 23.3 Å². The van der Waals surface area contributed by atoms with Gasteiger partial charge in [0.2, 0.25) is 0 Å². The van der Waals surface area contributed by atoms with E-state index in [2.05, 4.69) is 20.1 Å². The number of amides is 1. The molecule has 1 spiro atoms. The van der Waals surface area contributed by atoms with Crippen molar-refractivity contribution in [1.82, 2.24) is 15.2 Å². The summed E-state index contributed by atoms with van der Waals surface area (Å²) in [6.07, 6.45) is 3.39. The normalized spacial score (nSPS) is 22.9. The van der Waals surface area contributed by atoms with Gasteiger partial charge in [-0.25, -0.2) is 0 Å². The minimum atomic E-state index is -0.386. The maximum absolute atomic E-state index is 12.5. The van der Waals surface area contributed by atoms with Crippen LogP contribution < -0.4 is 10.2 Å². The molecule has 3 fully saturated rings. The van der Waals surface area contributed by atoms with Crippen molar-refractivity contribution in [2.45, 2.75) is 18.6 Å². The first-order chi connectivity index (χ1) is 13.2. The van der Waals surface area contributed by atoms with E-state index in [1.54, 1.807) is 6.20 Å². The van der Waals surface area contributed by atoms with Gasteiger partial charge in [0.05, 0.1) is 26.4 Å². The molecule has 8 nitrogen and oxygen atoms in total. The summed E-state index contributed by atoms with van der Waals surface area (Å²) < 4.78 is 16.9. The number of nitrogens with zero attached hydrogens (tertiary/aromatic N) is 3. The van der Waals surface area contributed by atoms with Crippen molar-refractivity contribution in [3.63, 3.8) is 0 Å². The minimum absolute atomic E-state index is 0.124. The number of carbonyl (C=O) groups is 1. The van der Waals surface area contributed by atoms with E-state index in [0.717, 1.165) is 64.5 Å². The van der Waals surface area contributed by atoms with Crippen LogP contribution in [0.2, 0.25) is 0 Å². The minimum Gasteiger partial charge on any atom is -0.379 e. The number of pyridine rings is 1. The van der Waals surface area contributed by atoms with Crippen molar-refractivity contribution < 1.29 is 19.0 Å². The Morgan fingerprint density at radius 1 is 1.11 bits per heavy atom. The second-order valence-corrected chi connectivity index (χ2v) is 7.20. The predicted molar refractivity (Wildman–Crippen MR) is 99.9 cm³/mol. The lowest BCUT2D eigenvalue weighted by atomic mass is 10.0. The Hall–Kier alpha value is -1.74. The first-order valence-corrected chi connectivity index (χ1v) is 9.81. The van der Waals surface area contributed by atoms with Gasteiger partial charge >= 0.3 is 0 Å². The standard InChI is InChI=1S/C19H28N4O4/c24-18(21-5-8-22-9-11-25-12-10-22)17-15-16(1-4-20-17)23-6-2-19(3-7-23)26-13-14-27-19/h1,4,15H,2-3,5-14H2,(H,21,24). The van der Waals surface area contributed by atoms with Gasteiger partial charge in [-0.1, -0.05) is 0 Å². The number of anilines is 1. The Kier molecular flexibility index (Phi) is 5.87. The van der Waals surface area contributed by atoms with E-state index in [1.807, 2.05) is 12.1 Å². The van der Waals surface area contributed by atoms with Gasteiger partial charge in [-0.2, -0.15) is 0 Å². The Morgan fingerprint density at radius 2 is 1.85 bits per heavy atom. The quantitative estimate of drug-likeness (QED) is 0.801. The molecule has 3 aliphatic heterocycles. The average Bonchev–Trinajstić information content (AvgIpc) is 3.17. The number of hydrogen-bond acceptors (Lipinski definition) is 7. The first-order valence-electron chi connectivity index (χ1n) is 9.81. The van der Waals surface area contributed by atoms with Crippen LogP contribution in [0.15, 0.2) is 18.3 Å². The van der Waals surface area contributed by atoms with Crippen LogP contribution in [0, 0.1) is 0 Å². The Labute approximate surface area is 159 Å². The number of rotatable bonds is 5. The highest BCUT2D eigenvalue weighted by molar-refractivity contribution is 5.93. The number of aromatic nitrogens is 1. The van der Waals surface area contributed by atoms with E-state index < -0.39 is 0 Å². The maximum Gasteiger partial charge on any atom is 0.269 e. The summed E-state index contributed by atoms with van der Waals surface area (Å²) >= 11 is 0. The van der Waals surface area contributed by atoms with Gasteiger partial charge in [-0.3, -0.25) is 14.7 Å². The molecule has 0 radical (unpaired) electrons. The van der Waals surface area contributed by atoms with Gasteiger partial charge in [0.15, 0.2) is 5.79 Å². The molecule has 1 aromatic rings. The number of piperidine rings is 1.